The van der Waals surface area contributed by atoms with Crippen molar-refractivity contribution in [1.29, 1.82) is 0 Å². The number of methoxy groups -OCH3 is 1. The minimum atomic E-state index is -0.388. The van der Waals surface area contributed by atoms with Crippen LogP contribution < -0.4 is 5.32 Å². The molecule has 0 unspecified atom stereocenters. The molecule has 0 atom stereocenters. The molecule has 0 saturated heterocycles. The summed E-state index contributed by atoms with van der Waals surface area (Å²) < 4.78 is 9.96. The number of hydrogen-bond donors (Lipinski definition) is 2. The average molecular weight is 401 g/mol. The van der Waals surface area contributed by atoms with E-state index in [1.54, 1.807) is 18.4 Å². The van der Waals surface area contributed by atoms with E-state index in [0.29, 0.717) is 19.6 Å². The predicted molar refractivity (Wildman–Crippen MR) is 111 cm³/mol. The molecule has 0 aliphatic heterocycles. The zero-order valence-corrected chi connectivity index (χ0v) is 16.9. The maximum Gasteiger partial charge on any atom is 0.306 e. The van der Waals surface area contributed by atoms with E-state index in [2.05, 4.69) is 41.5 Å². The summed E-state index contributed by atoms with van der Waals surface area (Å²) in [6.45, 7) is 2.60. The summed E-state index contributed by atoms with van der Waals surface area (Å²) in [6, 6.07) is 10.3. The van der Waals surface area contributed by atoms with Crippen LogP contribution in [0.2, 0.25) is 0 Å². The van der Waals surface area contributed by atoms with Crippen LogP contribution in [0, 0.1) is 6.92 Å². The summed E-state index contributed by atoms with van der Waals surface area (Å²) in [6.07, 6.45) is 0.755. The van der Waals surface area contributed by atoms with E-state index in [1.807, 2.05) is 11.4 Å². The largest absolute Gasteiger partial charge is 0.456 e. The number of aryl methyl sites for hydroxylation is 2. The Kier molecular flexibility index (Phi) is 6.84. The van der Waals surface area contributed by atoms with Gasteiger partial charge in [-0.3, -0.25) is 9.59 Å². The molecule has 7 heteroatoms. The van der Waals surface area contributed by atoms with Gasteiger partial charge in [-0.15, -0.1) is 11.3 Å². The van der Waals surface area contributed by atoms with Gasteiger partial charge in [0, 0.05) is 31.0 Å². The van der Waals surface area contributed by atoms with Crippen molar-refractivity contribution < 1.29 is 19.1 Å². The number of thiophene rings is 1. The van der Waals surface area contributed by atoms with Crippen LogP contribution in [0.25, 0.3) is 21.5 Å². The third kappa shape index (κ3) is 4.99. The Hall–Kier alpha value is -2.64. The highest BCUT2D eigenvalue weighted by Crippen LogP contribution is 2.34. The highest BCUT2D eigenvalue weighted by molar-refractivity contribution is 7.13. The van der Waals surface area contributed by atoms with Gasteiger partial charge in [-0.05, 0) is 42.5 Å². The van der Waals surface area contributed by atoms with Crippen LogP contribution in [0.4, 0.5) is 0 Å². The van der Waals surface area contributed by atoms with E-state index < -0.39 is 0 Å². The van der Waals surface area contributed by atoms with Crippen molar-refractivity contribution in [1.82, 2.24) is 10.3 Å². The highest BCUT2D eigenvalue weighted by atomic mass is 32.1. The quantitative estimate of drug-likeness (QED) is 0.426. The lowest BCUT2D eigenvalue weighted by atomic mass is 10.0. The molecule has 2 aromatic heterocycles. The van der Waals surface area contributed by atoms with Gasteiger partial charge in [0.05, 0.1) is 17.2 Å². The maximum absolute atomic E-state index is 12.1. The first-order valence-corrected chi connectivity index (χ1v) is 10.0. The third-order valence-electron chi connectivity index (χ3n) is 4.40. The van der Waals surface area contributed by atoms with Crippen LogP contribution in [-0.2, 0) is 25.5 Å². The molecule has 2 N–H and O–H groups in total. The fraction of sp³-hybridized carbons (Fsp3) is 0.333. The molecule has 2 heterocycles. The van der Waals surface area contributed by atoms with Crippen molar-refractivity contribution in [3.63, 3.8) is 0 Å². The van der Waals surface area contributed by atoms with E-state index in [0.717, 1.165) is 27.0 Å². The Morgan fingerprint density at radius 2 is 2.11 bits per heavy atom. The first kappa shape index (κ1) is 20.1. The predicted octanol–water partition coefficient (Wildman–Crippen LogP) is 3.44. The van der Waals surface area contributed by atoms with E-state index in [-0.39, 0.29) is 24.9 Å². The Bertz CT molecular complexity index is 947. The van der Waals surface area contributed by atoms with E-state index >= 15 is 0 Å². The Labute approximate surface area is 167 Å². The first-order valence-electron chi connectivity index (χ1n) is 9.15. The lowest BCUT2D eigenvalue weighted by Gasteiger charge is -2.07. The average Bonchev–Trinajstić information content (AvgIpc) is 3.32. The zero-order valence-electron chi connectivity index (χ0n) is 16.0. The minimum absolute atomic E-state index is 0.213. The molecule has 1 aromatic carbocycles. The molecule has 3 aromatic rings. The number of carbonyl (C=O) groups is 2. The van der Waals surface area contributed by atoms with Gasteiger partial charge in [-0.25, -0.2) is 0 Å². The van der Waals surface area contributed by atoms with Crippen LogP contribution in [0.3, 0.4) is 0 Å². The molecule has 0 aliphatic rings. The molecular weight excluding hydrogens is 376 g/mol. The standard InChI is InChI=1S/C21H24N2O4S/c1-14-5-7-17-16(12-14)15(21(23-17)18-4-3-11-28-18)6-8-20(25)27-13-19(24)22-9-10-26-2/h3-5,7,11-12,23H,6,8-10,13H2,1-2H3,(H,22,24). The molecule has 0 saturated carbocycles. The third-order valence-corrected chi connectivity index (χ3v) is 5.29. The lowest BCUT2D eigenvalue weighted by molar-refractivity contribution is -0.148. The van der Waals surface area contributed by atoms with Crippen LogP contribution in [0.15, 0.2) is 35.7 Å². The lowest BCUT2D eigenvalue weighted by Crippen LogP contribution is -2.31. The van der Waals surface area contributed by atoms with Gasteiger partial charge in [0.2, 0.25) is 0 Å². The molecule has 0 bridgehead atoms. The van der Waals surface area contributed by atoms with Crippen molar-refractivity contribution in [2.45, 2.75) is 19.8 Å². The second-order valence-corrected chi connectivity index (χ2v) is 7.46. The van der Waals surface area contributed by atoms with Crippen molar-refractivity contribution in [2.24, 2.45) is 0 Å². The van der Waals surface area contributed by atoms with Gasteiger partial charge in [-0.1, -0.05) is 17.7 Å². The van der Waals surface area contributed by atoms with Crippen molar-refractivity contribution >= 4 is 34.1 Å². The number of ether oxygens (including phenoxy) is 2. The SMILES string of the molecule is COCCNC(=O)COC(=O)CCc1c(-c2cccs2)[nH]c2ccc(C)cc12. The second kappa shape index (κ2) is 9.52. The van der Waals surface area contributed by atoms with Crippen molar-refractivity contribution in [3.05, 3.63) is 46.8 Å². The number of amides is 1. The fourth-order valence-electron chi connectivity index (χ4n) is 3.04. The number of carbonyl (C=O) groups excluding carboxylic acids is 2. The van der Waals surface area contributed by atoms with Gasteiger partial charge < -0.3 is 19.8 Å². The van der Waals surface area contributed by atoms with Gasteiger partial charge >= 0.3 is 5.97 Å². The number of hydrogen-bond acceptors (Lipinski definition) is 5. The molecular formula is C21H24N2O4S. The van der Waals surface area contributed by atoms with Crippen molar-refractivity contribution in [3.8, 4) is 10.6 Å². The molecule has 148 valence electrons. The zero-order chi connectivity index (χ0) is 19.9. The Morgan fingerprint density at radius 3 is 2.86 bits per heavy atom. The molecule has 6 nitrogen and oxygen atoms in total. The topological polar surface area (TPSA) is 80.4 Å². The number of nitrogens with one attached hydrogen (secondary N) is 2. The Morgan fingerprint density at radius 1 is 1.25 bits per heavy atom. The fourth-order valence-corrected chi connectivity index (χ4v) is 3.79. The van der Waals surface area contributed by atoms with Crippen LogP contribution in [0.1, 0.15) is 17.5 Å². The van der Waals surface area contributed by atoms with Crippen LogP contribution in [0.5, 0.6) is 0 Å². The summed E-state index contributed by atoms with van der Waals surface area (Å²) in [4.78, 5) is 28.4. The molecule has 0 radical (unpaired) electrons. The Balaban J connectivity index is 1.66. The second-order valence-electron chi connectivity index (χ2n) is 6.51. The highest BCUT2D eigenvalue weighted by Gasteiger charge is 2.16. The normalized spacial score (nSPS) is 10.9. The summed E-state index contributed by atoms with van der Waals surface area (Å²) >= 11 is 1.66. The maximum atomic E-state index is 12.1. The van der Waals surface area contributed by atoms with Crippen LogP contribution in [-0.4, -0.2) is 43.7 Å². The molecule has 1 amide bonds. The van der Waals surface area contributed by atoms with E-state index in [9.17, 15) is 9.59 Å². The smallest absolute Gasteiger partial charge is 0.306 e. The molecule has 0 aliphatic carbocycles. The number of rotatable bonds is 9. The van der Waals surface area contributed by atoms with Gasteiger partial charge in [0.15, 0.2) is 6.61 Å². The molecule has 28 heavy (non-hydrogen) atoms. The van der Waals surface area contributed by atoms with Crippen LogP contribution >= 0.6 is 11.3 Å². The van der Waals surface area contributed by atoms with Gasteiger partial charge in [0.1, 0.15) is 0 Å². The van der Waals surface area contributed by atoms with E-state index in [1.165, 1.54) is 5.56 Å². The summed E-state index contributed by atoms with van der Waals surface area (Å²) in [5.74, 6) is -0.714. The summed E-state index contributed by atoms with van der Waals surface area (Å²) in [7, 11) is 1.56. The van der Waals surface area contributed by atoms with Gasteiger partial charge in [0.25, 0.3) is 5.91 Å². The summed E-state index contributed by atoms with van der Waals surface area (Å²) in [5.41, 5.74) is 4.36. The molecule has 3 rings (SSSR count). The number of esters is 1. The number of benzene rings is 1. The minimum Gasteiger partial charge on any atom is -0.456 e. The number of H-pyrrole nitrogens is 1. The molecule has 0 fully saturated rings. The number of aromatic nitrogens is 1. The monoisotopic (exact) mass is 400 g/mol. The van der Waals surface area contributed by atoms with Gasteiger partial charge in [-0.2, -0.15) is 0 Å². The first-order chi connectivity index (χ1) is 13.6. The number of fused-ring (bicyclic) bond motifs is 1. The van der Waals surface area contributed by atoms with E-state index in [4.69, 9.17) is 9.47 Å². The summed E-state index contributed by atoms with van der Waals surface area (Å²) in [5, 5.41) is 5.77. The number of aromatic amines is 1. The molecule has 0 spiro atoms. The van der Waals surface area contributed by atoms with Crippen molar-refractivity contribution in [2.75, 3.05) is 26.9 Å².